The SMILES string of the molecule is CN(CCO)c1nc(C(F)(F)F)ccc1C(N)=O. The maximum absolute atomic E-state index is 12.5. The van der Waals surface area contributed by atoms with Gasteiger partial charge in [-0.3, -0.25) is 4.79 Å². The van der Waals surface area contributed by atoms with E-state index in [-0.39, 0.29) is 24.5 Å². The first-order chi connectivity index (χ1) is 8.27. The average molecular weight is 263 g/mol. The van der Waals surface area contributed by atoms with Gasteiger partial charge in [-0.1, -0.05) is 0 Å². The lowest BCUT2D eigenvalue weighted by atomic mass is 10.2. The molecule has 8 heteroatoms. The Hall–Kier alpha value is -1.83. The number of nitrogens with zero attached hydrogens (tertiary/aromatic N) is 2. The summed E-state index contributed by atoms with van der Waals surface area (Å²) in [5.41, 5.74) is 3.81. The Morgan fingerprint density at radius 2 is 2.11 bits per heavy atom. The number of carbonyl (C=O) groups excluding carboxylic acids is 1. The van der Waals surface area contributed by atoms with E-state index in [2.05, 4.69) is 4.98 Å². The molecular weight excluding hydrogens is 251 g/mol. The van der Waals surface area contributed by atoms with Crippen LogP contribution in [0.15, 0.2) is 12.1 Å². The number of rotatable bonds is 4. The van der Waals surface area contributed by atoms with E-state index in [1.54, 1.807) is 0 Å². The molecule has 0 spiro atoms. The molecule has 5 nitrogen and oxygen atoms in total. The van der Waals surface area contributed by atoms with Gasteiger partial charge in [-0.2, -0.15) is 13.2 Å². The molecule has 0 aliphatic heterocycles. The van der Waals surface area contributed by atoms with E-state index >= 15 is 0 Å². The molecule has 18 heavy (non-hydrogen) atoms. The normalized spacial score (nSPS) is 11.4. The fraction of sp³-hybridized carbons (Fsp3) is 0.400. The summed E-state index contributed by atoms with van der Waals surface area (Å²) in [6, 6.07) is 1.66. The number of hydrogen-bond donors (Lipinski definition) is 2. The van der Waals surface area contributed by atoms with Gasteiger partial charge in [-0.05, 0) is 12.1 Å². The third-order valence-electron chi connectivity index (χ3n) is 2.23. The Balaban J connectivity index is 3.28. The van der Waals surface area contributed by atoms with Gasteiger partial charge in [0.2, 0.25) is 0 Å². The number of hydrogen-bond acceptors (Lipinski definition) is 4. The summed E-state index contributed by atoms with van der Waals surface area (Å²) in [4.78, 5) is 15.7. The molecular formula is C10H12F3N3O2. The molecule has 1 aromatic heterocycles. The van der Waals surface area contributed by atoms with Crippen molar-refractivity contribution >= 4 is 11.7 Å². The second kappa shape index (κ2) is 5.21. The summed E-state index contributed by atoms with van der Waals surface area (Å²) in [7, 11) is 1.41. The van der Waals surface area contributed by atoms with Crippen LogP contribution in [-0.2, 0) is 6.18 Å². The molecule has 0 atom stereocenters. The van der Waals surface area contributed by atoms with Gasteiger partial charge >= 0.3 is 6.18 Å². The number of primary amides is 1. The van der Waals surface area contributed by atoms with Gasteiger partial charge in [0.15, 0.2) is 0 Å². The topological polar surface area (TPSA) is 79.4 Å². The Kier molecular flexibility index (Phi) is 4.12. The molecule has 0 radical (unpaired) electrons. The van der Waals surface area contributed by atoms with Gasteiger partial charge in [0.1, 0.15) is 11.5 Å². The predicted molar refractivity (Wildman–Crippen MR) is 58.1 cm³/mol. The van der Waals surface area contributed by atoms with E-state index < -0.39 is 17.8 Å². The lowest BCUT2D eigenvalue weighted by Gasteiger charge is -2.20. The fourth-order valence-corrected chi connectivity index (χ4v) is 1.35. The van der Waals surface area contributed by atoms with Crippen LogP contribution in [0.25, 0.3) is 0 Å². The van der Waals surface area contributed by atoms with Crippen molar-refractivity contribution in [3.8, 4) is 0 Å². The molecule has 1 amide bonds. The summed E-state index contributed by atoms with van der Waals surface area (Å²) >= 11 is 0. The predicted octanol–water partition coefficient (Wildman–Crippen LogP) is 0.628. The number of carbonyl (C=O) groups is 1. The van der Waals surface area contributed by atoms with Crippen LogP contribution in [0.5, 0.6) is 0 Å². The standard InChI is InChI=1S/C10H12F3N3O2/c1-16(4-5-17)9-6(8(14)18)2-3-7(15-9)10(11,12)13/h2-3,17H,4-5H2,1H3,(H2,14,18). The van der Waals surface area contributed by atoms with E-state index in [1.165, 1.54) is 11.9 Å². The number of nitrogens with two attached hydrogens (primary N) is 1. The molecule has 0 saturated heterocycles. The fourth-order valence-electron chi connectivity index (χ4n) is 1.35. The molecule has 0 unspecified atom stereocenters. The first-order valence-electron chi connectivity index (χ1n) is 4.97. The van der Waals surface area contributed by atoms with Crippen LogP contribution >= 0.6 is 0 Å². The Morgan fingerprint density at radius 1 is 1.50 bits per heavy atom. The number of amides is 1. The van der Waals surface area contributed by atoms with Gasteiger partial charge in [0.25, 0.3) is 5.91 Å². The van der Waals surface area contributed by atoms with Crippen molar-refractivity contribution in [2.45, 2.75) is 6.18 Å². The second-order valence-electron chi connectivity index (χ2n) is 3.57. The molecule has 1 heterocycles. The van der Waals surface area contributed by atoms with Crippen LogP contribution in [0.3, 0.4) is 0 Å². The van der Waals surface area contributed by atoms with Crippen LogP contribution in [-0.4, -0.2) is 36.2 Å². The Labute approximate surface area is 101 Å². The number of likely N-dealkylation sites (N-methyl/N-ethyl adjacent to an activating group) is 1. The van der Waals surface area contributed by atoms with Crippen molar-refractivity contribution in [3.05, 3.63) is 23.4 Å². The van der Waals surface area contributed by atoms with Crippen LogP contribution < -0.4 is 10.6 Å². The minimum Gasteiger partial charge on any atom is -0.395 e. The smallest absolute Gasteiger partial charge is 0.395 e. The van der Waals surface area contributed by atoms with Crippen LogP contribution in [0.1, 0.15) is 16.1 Å². The second-order valence-corrected chi connectivity index (χ2v) is 3.57. The third kappa shape index (κ3) is 3.10. The van der Waals surface area contributed by atoms with Crippen molar-refractivity contribution in [1.29, 1.82) is 0 Å². The molecule has 0 aliphatic carbocycles. The minimum atomic E-state index is -4.61. The largest absolute Gasteiger partial charge is 0.433 e. The van der Waals surface area contributed by atoms with Crippen molar-refractivity contribution in [1.82, 2.24) is 4.98 Å². The molecule has 0 aromatic carbocycles. The highest BCUT2D eigenvalue weighted by molar-refractivity contribution is 5.97. The number of aliphatic hydroxyl groups excluding tert-OH is 1. The summed E-state index contributed by atoms with van der Waals surface area (Å²) in [5.74, 6) is -1.08. The van der Waals surface area contributed by atoms with Crippen molar-refractivity contribution in [2.75, 3.05) is 25.1 Å². The van der Waals surface area contributed by atoms with Crippen molar-refractivity contribution in [3.63, 3.8) is 0 Å². The zero-order valence-electron chi connectivity index (χ0n) is 9.53. The molecule has 1 rings (SSSR count). The third-order valence-corrected chi connectivity index (χ3v) is 2.23. The number of pyridine rings is 1. The summed E-state index contributed by atoms with van der Waals surface area (Å²) in [5, 5.41) is 8.75. The Morgan fingerprint density at radius 3 is 2.56 bits per heavy atom. The minimum absolute atomic E-state index is 0.0363. The molecule has 100 valence electrons. The van der Waals surface area contributed by atoms with E-state index in [1.807, 2.05) is 0 Å². The lowest BCUT2D eigenvalue weighted by molar-refractivity contribution is -0.141. The number of aliphatic hydroxyl groups is 1. The van der Waals surface area contributed by atoms with Gasteiger partial charge in [-0.15, -0.1) is 0 Å². The molecule has 0 saturated carbocycles. The van der Waals surface area contributed by atoms with Gasteiger partial charge in [0.05, 0.1) is 12.2 Å². The zero-order valence-corrected chi connectivity index (χ0v) is 9.53. The quantitative estimate of drug-likeness (QED) is 0.835. The Bertz CT molecular complexity index is 448. The maximum Gasteiger partial charge on any atom is 0.433 e. The van der Waals surface area contributed by atoms with Crippen LogP contribution in [0, 0.1) is 0 Å². The van der Waals surface area contributed by atoms with E-state index in [4.69, 9.17) is 10.8 Å². The lowest BCUT2D eigenvalue weighted by Crippen LogP contribution is -2.27. The van der Waals surface area contributed by atoms with E-state index in [0.29, 0.717) is 6.07 Å². The van der Waals surface area contributed by atoms with Crippen LogP contribution in [0.4, 0.5) is 19.0 Å². The van der Waals surface area contributed by atoms with Crippen LogP contribution in [0.2, 0.25) is 0 Å². The van der Waals surface area contributed by atoms with E-state index in [9.17, 15) is 18.0 Å². The summed E-state index contributed by atoms with van der Waals surface area (Å²) < 4.78 is 37.5. The highest BCUT2D eigenvalue weighted by Crippen LogP contribution is 2.30. The molecule has 3 N–H and O–H groups in total. The highest BCUT2D eigenvalue weighted by atomic mass is 19.4. The first kappa shape index (κ1) is 14.2. The summed E-state index contributed by atoms with van der Waals surface area (Å²) in [6.07, 6.45) is -4.61. The van der Waals surface area contributed by atoms with E-state index in [0.717, 1.165) is 6.07 Å². The molecule has 0 aliphatic rings. The van der Waals surface area contributed by atoms with Gasteiger partial charge in [-0.25, -0.2) is 4.98 Å². The number of aromatic nitrogens is 1. The first-order valence-corrected chi connectivity index (χ1v) is 4.97. The molecule has 0 fully saturated rings. The highest BCUT2D eigenvalue weighted by Gasteiger charge is 2.33. The van der Waals surface area contributed by atoms with Gasteiger partial charge < -0.3 is 15.7 Å². The monoisotopic (exact) mass is 263 g/mol. The number of halogens is 3. The number of alkyl halides is 3. The maximum atomic E-state index is 12.5. The average Bonchev–Trinajstić information content (AvgIpc) is 2.27. The van der Waals surface area contributed by atoms with Crippen molar-refractivity contribution < 1.29 is 23.1 Å². The summed E-state index contributed by atoms with van der Waals surface area (Å²) in [6.45, 7) is -0.249. The zero-order chi connectivity index (χ0) is 13.9. The molecule has 1 aromatic rings. The van der Waals surface area contributed by atoms with Gasteiger partial charge in [0, 0.05) is 13.6 Å². The number of anilines is 1. The van der Waals surface area contributed by atoms with Crippen molar-refractivity contribution in [2.24, 2.45) is 5.73 Å². The molecule has 0 bridgehead atoms.